The minimum Gasteiger partial charge on any atom is -0.376 e. The fourth-order valence-electron chi connectivity index (χ4n) is 1.30. The fraction of sp³-hybridized carbons (Fsp3) is 1.00. The van der Waals surface area contributed by atoms with Gasteiger partial charge in [-0.05, 0) is 44.6 Å². The Hall–Kier alpha value is -0.0800. The molecule has 0 amide bonds. The van der Waals surface area contributed by atoms with Gasteiger partial charge >= 0.3 is 0 Å². The minimum atomic E-state index is -0.0676. The van der Waals surface area contributed by atoms with E-state index in [2.05, 4.69) is 41.5 Å². The Balaban J connectivity index is 3.88. The normalized spacial score (nSPS) is 13.6. The first-order valence-corrected chi connectivity index (χ1v) is 6.05. The average Bonchev–Trinajstić information content (AvgIpc) is 2.02. The number of rotatable bonds is 7. The molecule has 0 bridgehead atoms. The van der Waals surface area contributed by atoms with Crippen molar-refractivity contribution in [3.63, 3.8) is 0 Å². The molecule has 2 heteroatoms. The summed E-state index contributed by atoms with van der Waals surface area (Å²) in [5.41, 5.74) is 5.83. The lowest BCUT2D eigenvalue weighted by atomic mass is 9.78. The van der Waals surface area contributed by atoms with E-state index in [1.807, 2.05) is 0 Å². The molecule has 15 heavy (non-hydrogen) atoms. The maximum atomic E-state index is 5.88. The highest BCUT2D eigenvalue weighted by Gasteiger charge is 2.24. The quantitative estimate of drug-likeness (QED) is 0.708. The van der Waals surface area contributed by atoms with E-state index in [9.17, 15) is 0 Å². The van der Waals surface area contributed by atoms with Gasteiger partial charge in [0.1, 0.15) is 0 Å². The molecule has 0 saturated carbocycles. The zero-order valence-corrected chi connectivity index (χ0v) is 11.4. The molecular formula is C13H29NO. The van der Waals surface area contributed by atoms with Crippen LogP contribution in [0.25, 0.3) is 0 Å². The standard InChI is InChI=1S/C13H29NO/c1-11(2)12(3,4)8-10-15-13(5,6)7-9-14/h11H,7-10,14H2,1-6H3. The van der Waals surface area contributed by atoms with E-state index in [0.29, 0.717) is 17.9 Å². The van der Waals surface area contributed by atoms with Crippen LogP contribution in [0.4, 0.5) is 0 Å². The molecule has 2 nitrogen and oxygen atoms in total. The van der Waals surface area contributed by atoms with Gasteiger partial charge < -0.3 is 10.5 Å². The smallest absolute Gasteiger partial charge is 0.0638 e. The molecule has 0 aliphatic rings. The Morgan fingerprint density at radius 1 is 1.07 bits per heavy atom. The maximum absolute atomic E-state index is 5.88. The van der Waals surface area contributed by atoms with E-state index in [1.165, 1.54) is 0 Å². The number of hydrogen-bond donors (Lipinski definition) is 1. The molecule has 0 saturated heterocycles. The summed E-state index contributed by atoms with van der Waals surface area (Å²) in [5, 5.41) is 0. The summed E-state index contributed by atoms with van der Waals surface area (Å²) in [5.74, 6) is 0.693. The molecule has 2 N–H and O–H groups in total. The van der Waals surface area contributed by atoms with Crippen molar-refractivity contribution in [3.8, 4) is 0 Å². The van der Waals surface area contributed by atoms with Crippen molar-refractivity contribution in [2.24, 2.45) is 17.1 Å². The predicted molar refractivity (Wildman–Crippen MR) is 66.9 cm³/mol. The third-order valence-electron chi connectivity index (χ3n) is 3.55. The summed E-state index contributed by atoms with van der Waals surface area (Å²) in [6, 6.07) is 0. The second-order valence-electron chi connectivity index (χ2n) is 6.04. The van der Waals surface area contributed by atoms with Gasteiger partial charge in [0.15, 0.2) is 0 Å². The van der Waals surface area contributed by atoms with Crippen LogP contribution in [0.2, 0.25) is 0 Å². The highest BCUT2D eigenvalue weighted by Crippen LogP contribution is 2.30. The van der Waals surface area contributed by atoms with Gasteiger partial charge in [-0.1, -0.05) is 27.7 Å². The van der Waals surface area contributed by atoms with E-state index in [1.54, 1.807) is 0 Å². The van der Waals surface area contributed by atoms with E-state index in [0.717, 1.165) is 19.4 Å². The number of hydrogen-bond acceptors (Lipinski definition) is 2. The first kappa shape index (κ1) is 14.9. The minimum absolute atomic E-state index is 0.0676. The molecule has 92 valence electrons. The van der Waals surface area contributed by atoms with Crippen LogP contribution in [0.3, 0.4) is 0 Å². The van der Waals surface area contributed by atoms with Crippen LogP contribution in [0.15, 0.2) is 0 Å². The molecule has 0 atom stereocenters. The Morgan fingerprint density at radius 3 is 2.00 bits per heavy atom. The molecule has 0 aromatic carbocycles. The molecule has 0 aromatic heterocycles. The summed E-state index contributed by atoms with van der Waals surface area (Å²) in [7, 11) is 0. The average molecular weight is 215 g/mol. The van der Waals surface area contributed by atoms with Gasteiger partial charge in [-0.15, -0.1) is 0 Å². The van der Waals surface area contributed by atoms with Crippen molar-refractivity contribution in [1.29, 1.82) is 0 Å². The van der Waals surface area contributed by atoms with Crippen molar-refractivity contribution in [2.45, 2.75) is 60.0 Å². The molecule has 0 spiro atoms. The van der Waals surface area contributed by atoms with Crippen molar-refractivity contribution in [3.05, 3.63) is 0 Å². The van der Waals surface area contributed by atoms with Crippen LogP contribution >= 0.6 is 0 Å². The molecule has 0 radical (unpaired) electrons. The SMILES string of the molecule is CC(C)C(C)(C)CCOC(C)(C)CCN. The highest BCUT2D eigenvalue weighted by molar-refractivity contribution is 4.74. The number of nitrogens with two attached hydrogens (primary N) is 1. The van der Waals surface area contributed by atoms with E-state index in [-0.39, 0.29) is 5.60 Å². The molecule has 0 aliphatic heterocycles. The van der Waals surface area contributed by atoms with Crippen LogP contribution in [-0.2, 0) is 4.74 Å². The topological polar surface area (TPSA) is 35.2 Å². The summed E-state index contributed by atoms with van der Waals surface area (Å²) in [6.07, 6.45) is 2.04. The number of ether oxygens (including phenoxy) is 1. The van der Waals surface area contributed by atoms with Crippen LogP contribution in [0.5, 0.6) is 0 Å². The summed E-state index contributed by atoms with van der Waals surface area (Å²) >= 11 is 0. The van der Waals surface area contributed by atoms with Gasteiger partial charge in [0, 0.05) is 6.61 Å². The van der Waals surface area contributed by atoms with Gasteiger partial charge in [0.05, 0.1) is 5.60 Å². The zero-order chi connectivity index (χ0) is 12.1. The summed E-state index contributed by atoms with van der Waals surface area (Å²) in [6.45, 7) is 14.9. The molecule has 0 fully saturated rings. The Kier molecular flexibility index (Phi) is 5.82. The lowest BCUT2D eigenvalue weighted by Crippen LogP contribution is -2.30. The van der Waals surface area contributed by atoms with Crippen LogP contribution < -0.4 is 5.73 Å². The molecule has 0 unspecified atom stereocenters. The molecule has 0 aromatic rings. The third kappa shape index (κ3) is 6.16. The molecule has 0 heterocycles. The molecular weight excluding hydrogens is 186 g/mol. The van der Waals surface area contributed by atoms with Crippen LogP contribution in [0.1, 0.15) is 54.4 Å². The lowest BCUT2D eigenvalue weighted by Gasteiger charge is -2.32. The van der Waals surface area contributed by atoms with Gasteiger partial charge in [-0.25, -0.2) is 0 Å². The molecule has 0 rings (SSSR count). The zero-order valence-electron chi connectivity index (χ0n) is 11.4. The van der Waals surface area contributed by atoms with Crippen LogP contribution in [0, 0.1) is 11.3 Å². The van der Waals surface area contributed by atoms with Crippen molar-refractivity contribution < 1.29 is 4.74 Å². The second kappa shape index (κ2) is 5.86. The first-order chi connectivity index (χ1) is 6.71. The monoisotopic (exact) mass is 215 g/mol. The second-order valence-corrected chi connectivity index (χ2v) is 6.04. The largest absolute Gasteiger partial charge is 0.376 e. The van der Waals surface area contributed by atoms with Crippen LogP contribution in [-0.4, -0.2) is 18.8 Å². The summed E-state index contributed by atoms with van der Waals surface area (Å²) < 4.78 is 5.88. The maximum Gasteiger partial charge on any atom is 0.0638 e. The Bertz CT molecular complexity index is 173. The van der Waals surface area contributed by atoms with Gasteiger partial charge in [0.25, 0.3) is 0 Å². The third-order valence-corrected chi connectivity index (χ3v) is 3.55. The Labute approximate surface area is 95.6 Å². The highest BCUT2D eigenvalue weighted by atomic mass is 16.5. The molecule has 0 aliphatic carbocycles. The van der Waals surface area contributed by atoms with E-state index >= 15 is 0 Å². The van der Waals surface area contributed by atoms with Crippen molar-refractivity contribution in [1.82, 2.24) is 0 Å². The van der Waals surface area contributed by atoms with Crippen molar-refractivity contribution in [2.75, 3.05) is 13.2 Å². The predicted octanol–water partition coefficient (Wildman–Crippen LogP) is 3.20. The lowest BCUT2D eigenvalue weighted by molar-refractivity contribution is -0.0363. The van der Waals surface area contributed by atoms with Crippen molar-refractivity contribution >= 4 is 0 Å². The van der Waals surface area contributed by atoms with Gasteiger partial charge in [-0.3, -0.25) is 0 Å². The Morgan fingerprint density at radius 2 is 1.60 bits per heavy atom. The van der Waals surface area contributed by atoms with E-state index in [4.69, 9.17) is 10.5 Å². The van der Waals surface area contributed by atoms with Gasteiger partial charge in [-0.2, -0.15) is 0 Å². The van der Waals surface area contributed by atoms with E-state index < -0.39 is 0 Å². The fourth-order valence-corrected chi connectivity index (χ4v) is 1.30. The van der Waals surface area contributed by atoms with Gasteiger partial charge in [0.2, 0.25) is 0 Å². The first-order valence-electron chi connectivity index (χ1n) is 6.05. The summed E-state index contributed by atoms with van der Waals surface area (Å²) in [4.78, 5) is 0.